The molecule has 4 heteroatoms. The minimum absolute atomic E-state index is 0.760. The zero-order valence-corrected chi connectivity index (χ0v) is 14.6. The molecule has 0 amide bonds. The van der Waals surface area contributed by atoms with Crippen LogP contribution in [0.3, 0.4) is 0 Å². The SMILES string of the molecule is CC(C)CNCCCCCc1cc(Br)c(Br)s1. The summed E-state index contributed by atoms with van der Waals surface area (Å²) in [5.41, 5.74) is 0. The first-order valence-corrected chi connectivity index (χ1v) is 8.64. The van der Waals surface area contributed by atoms with Gasteiger partial charge < -0.3 is 5.32 Å². The molecule has 0 aliphatic heterocycles. The molecule has 0 radical (unpaired) electrons. The third-order valence-corrected chi connectivity index (χ3v) is 5.84. The van der Waals surface area contributed by atoms with Gasteiger partial charge in [-0.05, 0) is 76.2 Å². The average molecular weight is 383 g/mol. The zero-order valence-electron chi connectivity index (χ0n) is 10.6. The van der Waals surface area contributed by atoms with E-state index >= 15 is 0 Å². The Kier molecular flexibility index (Phi) is 8.00. The van der Waals surface area contributed by atoms with Gasteiger partial charge in [-0.3, -0.25) is 0 Å². The van der Waals surface area contributed by atoms with Crippen LogP contribution in [0.4, 0.5) is 0 Å². The van der Waals surface area contributed by atoms with Crippen LogP contribution >= 0.6 is 43.2 Å². The first kappa shape index (κ1) is 15.7. The Morgan fingerprint density at radius 3 is 2.59 bits per heavy atom. The zero-order chi connectivity index (χ0) is 12.7. The molecule has 98 valence electrons. The van der Waals surface area contributed by atoms with Crippen molar-refractivity contribution in [3.63, 3.8) is 0 Å². The molecule has 1 nitrogen and oxygen atoms in total. The molecular weight excluding hydrogens is 362 g/mol. The summed E-state index contributed by atoms with van der Waals surface area (Å²) in [4.78, 5) is 1.47. The molecule has 1 rings (SSSR count). The van der Waals surface area contributed by atoms with Crippen LogP contribution in [0, 0.1) is 5.92 Å². The molecule has 0 saturated carbocycles. The highest BCUT2D eigenvalue weighted by atomic mass is 79.9. The lowest BCUT2D eigenvalue weighted by molar-refractivity contribution is 0.530. The van der Waals surface area contributed by atoms with Crippen molar-refractivity contribution in [2.45, 2.75) is 39.5 Å². The smallest absolute Gasteiger partial charge is 0.0843 e. The van der Waals surface area contributed by atoms with Gasteiger partial charge in [0.1, 0.15) is 0 Å². The number of hydrogen-bond acceptors (Lipinski definition) is 2. The van der Waals surface area contributed by atoms with Crippen molar-refractivity contribution in [1.82, 2.24) is 5.32 Å². The normalized spacial score (nSPS) is 11.4. The van der Waals surface area contributed by atoms with E-state index in [2.05, 4.69) is 57.1 Å². The highest BCUT2D eigenvalue weighted by molar-refractivity contribution is 9.13. The lowest BCUT2D eigenvalue weighted by Gasteiger charge is -2.06. The van der Waals surface area contributed by atoms with Gasteiger partial charge >= 0.3 is 0 Å². The maximum Gasteiger partial charge on any atom is 0.0843 e. The van der Waals surface area contributed by atoms with E-state index in [1.165, 1.54) is 38.8 Å². The van der Waals surface area contributed by atoms with E-state index in [0.717, 1.165) is 19.0 Å². The first-order chi connectivity index (χ1) is 8.09. The van der Waals surface area contributed by atoms with Crippen molar-refractivity contribution in [3.05, 3.63) is 19.2 Å². The summed E-state index contributed by atoms with van der Waals surface area (Å²) in [6.07, 6.45) is 5.11. The third kappa shape index (κ3) is 6.94. The molecule has 0 atom stereocenters. The van der Waals surface area contributed by atoms with E-state index in [9.17, 15) is 0 Å². The molecule has 1 N–H and O–H groups in total. The molecule has 1 aromatic rings. The summed E-state index contributed by atoms with van der Waals surface area (Å²) in [6.45, 7) is 6.81. The van der Waals surface area contributed by atoms with Crippen LogP contribution in [0.25, 0.3) is 0 Å². The Labute approximate surface area is 126 Å². The van der Waals surface area contributed by atoms with Crippen molar-refractivity contribution in [2.24, 2.45) is 5.92 Å². The van der Waals surface area contributed by atoms with Gasteiger partial charge in [0.05, 0.1) is 3.79 Å². The number of unbranched alkanes of at least 4 members (excludes halogenated alkanes) is 2. The van der Waals surface area contributed by atoms with E-state index in [4.69, 9.17) is 0 Å². The quantitative estimate of drug-likeness (QED) is 0.606. The van der Waals surface area contributed by atoms with Crippen LogP contribution in [-0.2, 0) is 6.42 Å². The Hall–Kier alpha value is 0.620. The van der Waals surface area contributed by atoms with Gasteiger partial charge in [0, 0.05) is 9.35 Å². The number of nitrogens with one attached hydrogen (secondary N) is 1. The van der Waals surface area contributed by atoms with Crippen molar-refractivity contribution < 1.29 is 0 Å². The van der Waals surface area contributed by atoms with Gasteiger partial charge in [0.15, 0.2) is 0 Å². The van der Waals surface area contributed by atoms with Gasteiger partial charge in [0.25, 0.3) is 0 Å². The van der Waals surface area contributed by atoms with Crippen LogP contribution in [0.1, 0.15) is 38.0 Å². The predicted octanol–water partition coefficient (Wildman–Crippen LogP) is 5.23. The second-order valence-corrected chi connectivity index (χ2v) is 8.05. The summed E-state index contributed by atoms with van der Waals surface area (Å²) < 4.78 is 2.40. The Morgan fingerprint density at radius 2 is 2.00 bits per heavy atom. The molecule has 0 bridgehead atoms. The molecule has 0 aliphatic carbocycles. The number of hydrogen-bond donors (Lipinski definition) is 1. The number of aryl methyl sites for hydroxylation is 1. The van der Waals surface area contributed by atoms with Gasteiger partial charge in [-0.2, -0.15) is 0 Å². The maximum absolute atomic E-state index is 3.53. The fraction of sp³-hybridized carbons (Fsp3) is 0.692. The highest BCUT2D eigenvalue weighted by Crippen LogP contribution is 2.33. The molecule has 0 aromatic carbocycles. The molecule has 1 aromatic heterocycles. The summed E-state index contributed by atoms with van der Waals surface area (Å²) in [5, 5.41) is 3.48. The Bertz CT molecular complexity index is 304. The second kappa shape index (κ2) is 8.68. The van der Waals surface area contributed by atoms with E-state index in [1.807, 2.05) is 11.3 Å². The van der Waals surface area contributed by atoms with Crippen LogP contribution < -0.4 is 5.32 Å². The van der Waals surface area contributed by atoms with Crippen LogP contribution in [-0.4, -0.2) is 13.1 Å². The molecule has 0 spiro atoms. The van der Waals surface area contributed by atoms with Crippen molar-refractivity contribution in [2.75, 3.05) is 13.1 Å². The summed E-state index contributed by atoms with van der Waals surface area (Å²) in [5.74, 6) is 0.760. The largest absolute Gasteiger partial charge is 0.316 e. The fourth-order valence-electron chi connectivity index (χ4n) is 1.63. The lowest BCUT2D eigenvalue weighted by atomic mass is 10.1. The highest BCUT2D eigenvalue weighted by Gasteiger charge is 2.03. The number of rotatable bonds is 8. The molecule has 17 heavy (non-hydrogen) atoms. The predicted molar refractivity (Wildman–Crippen MR) is 85.0 cm³/mol. The van der Waals surface area contributed by atoms with E-state index < -0.39 is 0 Å². The minimum atomic E-state index is 0.760. The Morgan fingerprint density at radius 1 is 1.24 bits per heavy atom. The van der Waals surface area contributed by atoms with E-state index in [0.29, 0.717) is 0 Å². The van der Waals surface area contributed by atoms with Crippen molar-refractivity contribution in [3.8, 4) is 0 Å². The number of halogens is 2. The molecule has 0 unspecified atom stereocenters. The average Bonchev–Trinajstić information content (AvgIpc) is 2.56. The molecule has 1 heterocycles. The summed E-state index contributed by atoms with van der Waals surface area (Å²) >= 11 is 8.90. The van der Waals surface area contributed by atoms with Crippen molar-refractivity contribution in [1.29, 1.82) is 0 Å². The standard InChI is InChI=1S/C13H21Br2NS/c1-10(2)9-16-7-5-3-4-6-11-8-12(14)13(15)17-11/h8,10,16H,3-7,9H2,1-2H3. The summed E-state index contributed by atoms with van der Waals surface area (Å²) in [6, 6.07) is 2.23. The third-order valence-electron chi connectivity index (χ3n) is 2.53. The van der Waals surface area contributed by atoms with E-state index in [1.54, 1.807) is 0 Å². The van der Waals surface area contributed by atoms with Crippen molar-refractivity contribution >= 4 is 43.2 Å². The lowest BCUT2D eigenvalue weighted by Crippen LogP contribution is -2.20. The Balaban J connectivity index is 2.01. The van der Waals surface area contributed by atoms with Crippen LogP contribution in [0.5, 0.6) is 0 Å². The van der Waals surface area contributed by atoms with Gasteiger partial charge in [-0.1, -0.05) is 20.3 Å². The molecule has 0 fully saturated rings. The maximum atomic E-state index is 3.53. The topological polar surface area (TPSA) is 12.0 Å². The summed E-state index contributed by atoms with van der Waals surface area (Å²) in [7, 11) is 0. The second-order valence-electron chi connectivity index (χ2n) is 4.74. The van der Waals surface area contributed by atoms with Gasteiger partial charge in [0.2, 0.25) is 0 Å². The molecule has 0 saturated heterocycles. The fourth-order valence-corrected chi connectivity index (χ4v) is 3.85. The van der Waals surface area contributed by atoms with Crippen LogP contribution in [0.2, 0.25) is 0 Å². The van der Waals surface area contributed by atoms with Gasteiger partial charge in [-0.15, -0.1) is 11.3 Å². The minimum Gasteiger partial charge on any atom is -0.316 e. The monoisotopic (exact) mass is 381 g/mol. The molecule has 0 aliphatic rings. The first-order valence-electron chi connectivity index (χ1n) is 6.24. The number of thiophene rings is 1. The molecular formula is C13H21Br2NS. The van der Waals surface area contributed by atoms with E-state index in [-0.39, 0.29) is 0 Å². The van der Waals surface area contributed by atoms with Gasteiger partial charge in [-0.25, -0.2) is 0 Å². The van der Waals surface area contributed by atoms with Crippen LogP contribution in [0.15, 0.2) is 14.3 Å².